The minimum Gasteiger partial charge on any atom is -0.468 e. The van der Waals surface area contributed by atoms with Crippen LogP contribution in [0.25, 0.3) is 0 Å². The average molecular weight is 198 g/mol. The molecule has 76 valence electrons. The predicted molar refractivity (Wildman–Crippen MR) is 36.9 cm³/mol. The molecule has 0 aromatic rings. The van der Waals surface area contributed by atoms with Gasteiger partial charge in [0.25, 0.3) is 0 Å². The highest BCUT2D eigenvalue weighted by Gasteiger charge is 2.35. The Hall–Kier alpha value is -1.07. The summed E-state index contributed by atoms with van der Waals surface area (Å²) in [5.74, 6) is -3.49. The summed E-state index contributed by atoms with van der Waals surface area (Å²) in [5, 5.41) is 0. The number of halogens is 3. The zero-order valence-electron chi connectivity index (χ0n) is 7.14. The summed E-state index contributed by atoms with van der Waals surface area (Å²) >= 11 is 0. The topological polar surface area (TPSA) is 43.4 Å². The van der Waals surface area contributed by atoms with E-state index in [-0.39, 0.29) is 0 Å². The highest BCUT2D eigenvalue weighted by molar-refractivity contribution is 5.98. The lowest BCUT2D eigenvalue weighted by atomic mass is 10.0. The minimum absolute atomic E-state index is 0.950. The van der Waals surface area contributed by atoms with Gasteiger partial charge < -0.3 is 4.74 Å². The zero-order valence-corrected chi connectivity index (χ0v) is 7.14. The fourth-order valence-electron chi connectivity index (χ4n) is 0.659. The third-order valence-electron chi connectivity index (χ3n) is 1.41. The number of hydrogen-bond acceptors (Lipinski definition) is 3. The largest absolute Gasteiger partial charge is 0.468 e. The van der Waals surface area contributed by atoms with Gasteiger partial charge in [0.2, 0.25) is 0 Å². The Balaban J connectivity index is 4.20. The van der Waals surface area contributed by atoms with Gasteiger partial charge in [0, 0.05) is 0 Å². The van der Waals surface area contributed by atoms with Crippen LogP contribution in [0.15, 0.2) is 0 Å². The Bertz CT molecular complexity index is 210. The second-order valence-corrected chi connectivity index (χ2v) is 2.50. The van der Waals surface area contributed by atoms with Crippen LogP contribution in [0.2, 0.25) is 0 Å². The Morgan fingerprint density at radius 1 is 1.38 bits per heavy atom. The van der Waals surface area contributed by atoms with E-state index in [4.69, 9.17) is 0 Å². The normalized spacial score (nSPS) is 13.6. The summed E-state index contributed by atoms with van der Waals surface area (Å²) in [7, 11) is 1.01. The number of ether oxygens (including phenoxy) is 1. The second kappa shape index (κ2) is 4.25. The number of esters is 1. The lowest BCUT2D eigenvalue weighted by Gasteiger charge is -2.09. The molecular weight excluding hydrogens is 189 g/mol. The maximum atomic E-state index is 11.7. The van der Waals surface area contributed by atoms with E-state index in [1.54, 1.807) is 0 Å². The van der Waals surface area contributed by atoms with Crippen molar-refractivity contribution in [3.8, 4) is 0 Å². The summed E-state index contributed by atoms with van der Waals surface area (Å²) in [6.07, 6.45) is -6.16. The van der Waals surface area contributed by atoms with E-state index in [9.17, 15) is 22.8 Å². The van der Waals surface area contributed by atoms with Crippen molar-refractivity contribution in [1.29, 1.82) is 0 Å². The van der Waals surface area contributed by atoms with Gasteiger partial charge in [-0.25, -0.2) is 0 Å². The van der Waals surface area contributed by atoms with Gasteiger partial charge in [-0.1, -0.05) is 0 Å². The first kappa shape index (κ1) is 11.9. The van der Waals surface area contributed by atoms with Crippen LogP contribution >= 0.6 is 0 Å². The standard InChI is InChI=1S/C7H9F3O3/c1-4(6(12)13-2)5(11)3-7(8,9)10/h4H,3H2,1-2H3. The molecule has 0 bridgehead atoms. The van der Waals surface area contributed by atoms with Gasteiger partial charge >= 0.3 is 12.1 Å². The first-order chi connectivity index (χ1) is 5.78. The first-order valence-electron chi connectivity index (χ1n) is 3.45. The van der Waals surface area contributed by atoms with Crippen molar-refractivity contribution >= 4 is 11.8 Å². The lowest BCUT2D eigenvalue weighted by molar-refractivity contribution is -0.160. The Morgan fingerprint density at radius 2 is 1.85 bits per heavy atom. The molecule has 1 atom stereocenters. The van der Waals surface area contributed by atoms with Crippen molar-refractivity contribution in [1.82, 2.24) is 0 Å². The van der Waals surface area contributed by atoms with E-state index in [0.29, 0.717) is 0 Å². The Labute approximate surface area is 72.9 Å². The van der Waals surface area contributed by atoms with Crippen molar-refractivity contribution in [3.05, 3.63) is 0 Å². The molecule has 0 aliphatic heterocycles. The van der Waals surface area contributed by atoms with Gasteiger partial charge in [0.15, 0.2) is 5.78 Å². The number of methoxy groups -OCH3 is 1. The molecule has 0 saturated carbocycles. The second-order valence-electron chi connectivity index (χ2n) is 2.50. The minimum atomic E-state index is -4.57. The van der Waals surface area contributed by atoms with Crippen LogP contribution in [0.5, 0.6) is 0 Å². The molecule has 0 amide bonds. The zero-order chi connectivity index (χ0) is 10.6. The molecular formula is C7H9F3O3. The highest BCUT2D eigenvalue weighted by Crippen LogP contribution is 2.22. The molecule has 0 rings (SSSR count). The summed E-state index contributed by atoms with van der Waals surface area (Å²) < 4.78 is 39.1. The van der Waals surface area contributed by atoms with E-state index >= 15 is 0 Å². The van der Waals surface area contributed by atoms with Gasteiger partial charge in [0.1, 0.15) is 12.3 Å². The van der Waals surface area contributed by atoms with Crippen LogP contribution in [0.1, 0.15) is 13.3 Å². The van der Waals surface area contributed by atoms with Gasteiger partial charge in [-0.15, -0.1) is 0 Å². The smallest absolute Gasteiger partial charge is 0.395 e. The van der Waals surface area contributed by atoms with Gasteiger partial charge in [0.05, 0.1) is 7.11 Å². The van der Waals surface area contributed by atoms with Crippen molar-refractivity contribution in [2.24, 2.45) is 5.92 Å². The van der Waals surface area contributed by atoms with Crippen LogP contribution in [-0.4, -0.2) is 25.0 Å². The molecule has 6 heteroatoms. The molecule has 0 aromatic heterocycles. The third-order valence-corrected chi connectivity index (χ3v) is 1.41. The first-order valence-corrected chi connectivity index (χ1v) is 3.45. The van der Waals surface area contributed by atoms with E-state index in [0.717, 1.165) is 14.0 Å². The summed E-state index contributed by atoms with van der Waals surface area (Å²) in [4.78, 5) is 21.4. The Kier molecular flexibility index (Phi) is 3.90. The molecule has 0 saturated heterocycles. The fraction of sp³-hybridized carbons (Fsp3) is 0.714. The maximum absolute atomic E-state index is 11.7. The van der Waals surface area contributed by atoms with E-state index < -0.39 is 30.3 Å². The number of rotatable bonds is 3. The predicted octanol–water partition coefficient (Wildman–Crippen LogP) is 1.32. The monoisotopic (exact) mass is 198 g/mol. The summed E-state index contributed by atoms with van der Waals surface area (Å²) in [5.41, 5.74) is 0. The third kappa shape index (κ3) is 4.49. The molecule has 0 radical (unpaired) electrons. The summed E-state index contributed by atoms with van der Waals surface area (Å²) in [6.45, 7) is 1.08. The quantitative estimate of drug-likeness (QED) is 0.507. The van der Waals surface area contributed by atoms with Crippen molar-refractivity contribution in [2.45, 2.75) is 19.5 Å². The van der Waals surface area contributed by atoms with Crippen molar-refractivity contribution < 1.29 is 27.5 Å². The van der Waals surface area contributed by atoms with Gasteiger partial charge in [-0.2, -0.15) is 13.2 Å². The van der Waals surface area contributed by atoms with Crippen LogP contribution < -0.4 is 0 Å². The van der Waals surface area contributed by atoms with Crippen LogP contribution in [0.3, 0.4) is 0 Å². The number of carbonyl (C=O) groups is 2. The SMILES string of the molecule is COC(=O)C(C)C(=O)CC(F)(F)F. The molecule has 3 nitrogen and oxygen atoms in total. The Morgan fingerprint density at radius 3 is 2.15 bits per heavy atom. The average Bonchev–Trinajstić information content (AvgIpc) is 1.98. The lowest BCUT2D eigenvalue weighted by Crippen LogP contribution is -2.26. The maximum Gasteiger partial charge on any atom is 0.395 e. The number of carbonyl (C=O) groups excluding carboxylic acids is 2. The molecule has 0 spiro atoms. The molecule has 13 heavy (non-hydrogen) atoms. The number of alkyl halides is 3. The molecule has 0 aliphatic carbocycles. The molecule has 0 heterocycles. The van der Waals surface area contributed by atoms with Gasteiger partial charge in [-0.05, 0) is 6.92 Å². The highest BCUT2D eigenvalue weighted by atomic mass is 19.4. The molecule has 0 aromatic carbocycles. The number of Topliss-reactive ketones (excluding diaryl/α,β-unsaturated/α-hetero) is 1. The number of ketones is 1. The van der Waals surface area contributed by atoms with E-state index in [2.05, 4.69) is 4.74 Å². The molecule has 0 fully saturated rings. The van der Waals surface area contributed by atoms with Crippen molar-refractivity contribution in [3.63, 3.8) is 0 Å². The van der Waals surface area contributed by atoms with Gasteiger partial charge in [-0.3, -0.25) is 9.59 Å². The molecule has 0 aliphatic rings. The summed E-state index contributed by atoms with van der Waals surface area (Å²) in [6, 6.07) is 0. The number of hydrogen-bond donors (Lipinski definition) is 0. The van der Waals surface area contributed by atoms with E-state index in [1.807, 2.05) is 0 Å². The fourth-order valence-corrected chi connectivity index (χ4v) is 0.659. The molecule has 0 N–H and O–H groups in total. The van der Waals surface area contributed by atoms with Crippen LogP contribution in [0, 0.1) is 5.92 Å². The molecule has 1 unspecified atom stereocenters. The van der Waals surface area contributed by atoms with Crippen LogP contribution in [0.4, 0.5) is 13.2 Å². The van der Waals surface area contributed by atoms with E-state index in [1.165, 1.54) is 0 Å². The van der Waals surface area contributed by atoms with Crippen molar-refractivity contribution in [2.75, 3.05) is 7.11 Å². The van der Waals surface area contributed by atoms with Crippen LogP contribution in [-0.2, 0) is 14.3 Å².